The largest absolute Gasteiger partial charge is 0.481 e. The summed E-state index contributed by atoms with van der Waals surface area (Å²) in [6.07, 6.45) is 2.46. The lowest BCUT2D eigenvalue weighted by molar-refractivity contribution is -0.139. The smallest absolute Gasteiger partial charge is 0.315 e. The molecule has 3 amide bonds. The van der Waals surface area contributed by atoms with E-state index < -0.39 is 17.5 Å². The number of carboxylic acid groups (broad SMARTS) is 1. The molecule has 3 N–H and O–H groups in total. The van der Waals surface area contributed by atoms with Crippen LogP contribution in [0.1, 0.15) is 32.1 Å². The van der Waals surface area contributed by atoms with Crippen LogP contribution in [0.5, 0.6) is 0 Å². The first-order chi connectivity index (χ1) is 8.84. The number of carbonyl (C=O) groups excluding carboxylic acids is 2. The maximum atomic E-state index is 11.6. The first-order valence-electron chi connectivity index (χ1n) is 6.33. The van der Waals surface area contributed by atoms with E-state index in [1.54, 1.807) is 14.1 Å². The van der Waals surface area contributed by atoms with Crippen molar-refractivity contribution >= 4 is 17.9 Å². The zero-order valence-corrected chi connectivity index (χ0v) is 11.4. The average molecular weight is 271 g/mol. The number of carboxylic acids is 1. The van der Waals surface area contributed by atoms with Gasteiger partial charge in [-0.05, 0) is 19.3 Å². The number of hydrogen-bond acceptors (Lipinski definition) is 3. The monoisotopic (exact) mass is 271 g/mol. The van der Waals surface area contributed by atoms with E-state index in [1.165, 1.54) is 4.90 Å². The van der Waals surface area contributed by atoms with E-state index in [-0.39, 0.29) is 25.3 Å². The number of amides is 3. The van der Waals surface area contributed by atoms with Gasteiger partial charge in [-0.15, -0.1) is 0 Å². The molecule has 7 heteroatoms. The lowest BCUT2D eigenvalue weighted by atomic mass is 9.74. The molecular weight excluding hydrogens is 250 g/mol. The molecule has 7 nitrogen and oxygen atoms in total. The molecular formula is C12H21N3O4. The third kappa shape index (κ3) is 4.76. The van der Waals surface area contributed by atoms with Gasteiger partial charge in [0.15, 0.2) is 0 Å². The van der Waals surface area contributed by atoms with Crippen molar-refractivity contribution in [1.82, 2.24) is 15.5 Å². The molecule has 1 saturated carbocycles. The molecule has 1 aliphatic rings. The molecule has 0 radical (unpaired) electrons. The first kappa shape index (κ1) is 15.3. The predicted octanol–water partition coefficient (Wildman–Crippen LogP) is 0.161. The summed E-state index contributed by atoms with van der Waals surface area (Å²) in [7, 11) is 3.30. The Morgan fingerprint density at radius 3 is 2.32 bits per heavy atom. The van der Waals surface area contributed by atoms with E-state index in [9.17, 15) is 14.4 Å². The van der Waals surface area contributed by atoms with Crippen molar-refractivity contribution in [3.8, 4) is 0 Å². The van der Waals surface area contributed by atoms with Gasteiger partial charge >= 0.3 is 12.0 Å². The Bertz CT molecular complexity index is 364. The minimum atomic E-state index is -0.914. The minimum Gasteiger partial charge on any atom is -0.481 e. The van der Waals surface area contributed by atoms with E-state index in [2.05, 4.69) is 10.6 Å². The summed E-state index contributed by atoms with van der Waals surface area (Å²) in [6.45, 7) is 0.242. The molecule has 0 aliphatic heterocycles. The van der Waals surface area contributed by atoms with E-state index in [1.807, 2.05) is 0 Å². The maximum Gasteiger partial charge on any atom is 0.315 e. The summed E-state index contributed by atoms with van der Waals surface area (Å²) in [6, 6.07) is -0.410. The molecule has 0 bridgehead atoms. The van der Waals surface area contributed by atoms with E-state index in [4.69, 9.17) is 5.11 Å². The van der Waals surface area contributed by atoms with Gasteiger partial charge in [-0.3, -0.25) is 9.59 Å². The standard InChI is InChI=1S/C12H21N3O4/c1-15(2)9(16)4-7-13-11(19)14-12(5-3-6-12)8-10(17)18/h3-8H2,1-2H3,(H,17,18)(H2,13,14,19). The van der Waals surface area contributed by atoms with E-state index >= 15 is 0 Å². The zero-order valence-electron chi connectivity index (χ0n) is 11.4. The van der Waals surface area contributed by atoms with Gasteiger partial charge in [0.25, 0.3) is 0 Å². The molecule has 1 aliphatic carbocycles. The highest BCUT2D eigenvalue weighted by Gasteiger charge is 2.40. The van der Waals surface area contributed by atoms with Gasteiger partial charge in [-0.1, -0.05) is 0 Å². The molecule has 108 valence electrons. The van der Waals surface area contributed by atoms with Gasteiger partial charge in [0.2, 0.25) is 5.91 Å². The number of urea groups is 1. The van der Waals surface area contributed by atoms with Gasteiger partial charge in [0.1, 0.15) is 0 Å². The average Bonchev–Trinajstić information content (AvgIpc) is 2.25. The fraction of sp³-hybridized carbons (Fsp3) is 0.750. The Labute approximate surface area is 112 Å². The molecule has 0 heterocycles. The number of nitrogens with zero attached hydrogens (tertiary/aromatic N) is 1. The molecule has 0 aromatic heterocycles. The molecule has 0 atom stereocenters. The predicted molar refractivity (Wildman–Crippen MR) is 68.7 cm³/mol. The summed E-state index contributed by atoms with van der Waals surface area (Å²) in [5.74, 6) is -0.980. The van der Waals surface area contributed by atoms with Crippen LogP contribution in [0, 0.1) is 0 Å². The fourth-order valence-electron chi connectivity index (χ4n) is 2.03. The van der Waals surface area contributed by atoms with Gasteiger partial charge < -0.3 is 20.6 Å². The van der Waals surface area contributed by atoms with Crippen molar-refractivity contribution in [2.75, 3.05) is 20.6 Å². The second-order valence-electron chi connectivity index (χ2n) is 5.12. The number of carbonyl (C=O) groups is 3. The van der Waals surface area contributed by atoms with Crippen molar-refractivity contribution in [1.29, 1.82) is 0 Å². The summed E-state index contributed by atoms with van der Waals surface area (Å²) >= 11 is 0. The molecule has 19 heavy (non-hydrogen) atoms. The van der Waals surface area contributed by atoms with Crippen LogP contribution in [0.15, 0.2) is 0 Å². The number of rotatable bonds is 6. The molecule has 0 spiro atoms. The Balaban J connectivity index is 2.30. The van der Waals surface area contributed by atoms with Crippen LogP contribution in [-0.2, 0) is 9.59 Å². The summed E-state index contributed by atoms with van der Waals surface area (Å²) in [5, 5.41) is 14.1. The quantitative estimate of drug-likeness (QED) is 0.641. The van der Waals surface area contributed by atoms with Gasteiger partial charge in [0, 0.05) is 27.1 Å². The normalized spacial score (nSPS) is 16.1. The SMILES string of the molecule is CN(C)C(=O)CCNC(=O)NC1(CC(=O)O)CCC1. The van der Waals surface area contributed by atoms with Gasteiger partial charge in [-0.2, -0.15) is 0 Å². The van der Waals surface area contributed by atoms with Gasteiger partial charge in [0.05, 0.1) is 12.0 Å². The van der Waals surface area contributed by atoms with Gasteiger partial charge in [-0.25, -0.2) is 4.79 Å². The van der Waals surface area contributed by atoms with Crippen LogP contribution in [-0.4, -0.2) is 54.1 Å². The Morgan fingerprint density at radius 1 is 1.26 bits per heavy atom. The zero-order chi connectivity index (χ0) is 14.5. The first-order valence-corrected chi connectivity index (χ1v) is 6.33. The molecule has 1 fully saturated rings. The van der Waals surface area contributed by atoms with Crippen molar-refractivity contribution in [3.63, 3.8) is 0 Å². The number of aliphatic carboxylic acids is 1. The minimum absolute atomic E-state index is 0.0585. The third-order valence-electron chi connectivity index (χ3n) is 3.30. The van der Waals surface area contributed by atoms with E-state index in [0.717, 1.165) is 6.42 Å². The summed E-state index contributed by atoms with van der Waals surface area (Å²) in [4.78, 5) is 35.1. The summed E-state index contributed by atoms with van der Waals surface area (Å²) < 4.78 is 0. The van der Waals surface area contributed by atoms with Crippen molar-refractivity contribution < 1.29 is 19.5 Å². The maximum absolute atomic E-state index is 11.6. The lowest BCUT2D eigenvalue weighted by Crippen LogP contribution is -2.57. The number of nitrogens with one attached hydrogen (secondary N) is 2. The lowest BCUT2D eigenvalue weighted by Gasteiger charge is -2.41. The molecule has 0 aromatic carbocycles. The summed E-state index contributed by atoms with van der Waals surface area (Å²) in [5.41, 5.74) is -0.610. The highest BCUT2D eigenvalue weighted by atomic mass is 16.4. The highest BCUT2D eigenvalue weighted by molar-refractivity contribution is 5.79. The number of hydrogen-bond donors (Lipinski definition) is 3. The van der Waals surface area contributed by atoms with Crippen LogP contribution in [0.25, 0.3) is 0 Å². The fourth-order valence-corrected chi connectivity index (χ4v) is 2.03. The third-order valence-corrected chi connectivity index (χ3v) is 3.30. The van der Waals surface area contributed by atoms with Crippen LogP contribution < -0.4 is 10.6 Å². The van der Waals surface area contributed by atoms with Crippen LogP contribution in [0.3, 0.4) is 0 Å². The second kappa shape index (κ2) is 6.40. The highest BCUT2D eigenvalue weighted by Crippen LogP contribution is 2.34. The van der Waals surface area contributed by atoms with Crippen molar-refractivity contribution in [2.45, 2.75) is 37.6 Å². The molecule has 0 unspecified atom stereocenters. The molecule has 0 aromatic rings. The Morgan fingerprint density at radius 2 is 1.89 bits per heavy atom. The van der Waals surface area contributed by atoms with Crippen LogP contribution in [0.4, 0.5) is 4.79 Å². The van der Waals surface area contributed by atoms with Crippen LogP contribution >= 0.6 is 0 Å². The molecule has 0 saturated heterocycles. The van der Waals surface area contributed by atoms with Crippen molar-refractivity contribution in [2.24, 2.45) is 0 Å². The second-order valence-corrected chi connectivity index (χ2v) is 5.12. The van der Waals surface area contributed by atoms with Crippen LogP contribution in [0.2, 0.25) is 0 Å². The Kier molecular flexibility index (Phi) is 5.14. The van der Waals surface area contributed by atoms with E-state index in [0.29, 0.717) is 12.8 Å². The molecule has 1 rings (SSSR count). The topological polar surface area (TPSA) is 98.7 Å². The van der Waals surface area contributed by atoms with Crippen molar-refractivity contribution in [3.05, 3.63) is 0 Å². The Hall–Kier alpha value is -1.79.